The van der Waals surface area contributed by atoms with Gasteiger partial charge in [-0.15, -0.1) is 4.36 Å². The minimum atomic E-state index is -5.18. The molecule has 0 radical (unpaired) electrons. The van der Waals surface area contributed by atoms with Crippen LogP contribution < -0.4 is 4.90 Å². The molecule has 0 bridgehead atoms. The maximum atomic E-state index is 12.5. The maximum Gasteiger partial charge on any atom is 0.474 e. The van der Waals surface area contributed by atoms with Gasteiger partial charge in [-0.3, -0.25) is 9.69 Å². The first-order valence-corrected chi connectivity index (χ1v) is 12.4. The Morgan fingerprint density at radius 2 is 1.82 bits per heavy atom. The molecular formula is C21H23F3N6O3S. The molecule has 0 saturated carbocycles. The second-order valence-corrected chi connectivity index (χ2v) is 10.3. The summed E-state index contributed by atoms with van der Waals surface area (Å²) < 4.78 is 58.2. The predicted octanol–water partition coefficient (Wildman–Crippen LogP) is 3.36. The Morgan fingerprint density at radius 1 is 1.18 bits per heavy atom. The van der Waals surface area contributed by atoms with Crippen molar-refractivity contribution in [1.82, 2.24) is 19.9 Å². The van der Waals surface area contributed by atoms with Gasteiger partial charge in [0.2, 0.25) is 5.95 Å². The second-order valence-electron chi connectivity index (χ2n) is 8.07. The summed E-state index contributed by atoms with van der Waals surface area (Å²) in [5, 5.41) is 0. The minimum absolute atomic E-state index is 0.139. The number of hydrogen-bond donors (Lipinski definition) is 0. The predicted molar refractivity (Wildman–Crippen MR) is 119 cm³/mol. The van der Waals surface area contributed by atoms with Gasteiger partial charge in [-0.2, -0.15) is 13.2 Å². The molecule has 1 aliphatic rings. The summed E-state index contributed by atoms with van der Waals surface area (Å²) in [6, 6.07) is 6.14. The largest absolute Gasteiger partial charge is 0.474 e. The lowest BCUT2D eigenvalue weighted by molar-refractivity contribution is -0.169. The van der Waals surface area contributed by atoms with E-state index in [9.17, 15) is 22.2 Å². The lowest BCUT2D eigenvalue weighted by Crippen LogP contribution is -2.47. The molecule has 1 fully saturated rings. The van der Waals surface area contributed by atoms with Crippen molar-refractivity contribution < 1.29 is 26.6 Å². The highest BCUT2D eigenvalue weighted by Gasteiger charge is 2.39. The van der Waals surface area contributed by atoms with Gasteiger partial charge in [-0.25, -0.2) is 19.2 Å². The van der Waals surface area contributed by atoms with Crippen molar-refractivity contribution in [1.29, 1.82) is 0 Å². The van der Waals surface area contributed by atoms with Crippen LogP contribution in [0.5, 0.6) is 0 Å². The lowest BCUT2D eigenvalue weighted by Gasteiger charge is -2.38. The van der Waals surface area contributed by atoms with E-state index in [1.807, 2.05) is 30.0 Å². The van der Waals surface area contributed by atoms with Gasteiger partial charge < -0.3 is 9.32 Å². The highest BCUT2D eigenvalue weighted by atomic mass is 32.2. The number of fused-ring (bicyclic) bond motifs is 1. The van der Waals surface area contributed by atoms with Crippen LogP contribution in [0, 0.1) is 6.92 Å². The number of aromatic nitrogens is 3. The van der Waals surface area contributed by atoms with Gasteiger partial charge in [-0.1, -0.05) is 6.07 Å². The van der Waals surface area contributed by atoms with Crippen molar-refractivity contribution in [2.24, 2.45) is 4.36 Å². The van der Waals surface area contributed by atoms with E-state index < -0.39 is 21.8 Å². The molecule has 0 aliphatic carbocycles. The number of alkyl halides is 3. The second kappa shape index (κ2) is 8.95. The van der Waals surface area contributed by atoms with Crippen molar-refractivity contribution in [2.75, 3.05) is 37.3 Å². The van der Waals surface area contributed by atoms with E-state index >= 15 is 0 Å². The van der Waals surface area contributed by atoms with Crippen LogP contribution in [0.2, 0.25) is 0 Å². The summed E-state index contributed by atoms with van der Waals surface area (Å²) in [6.07, 6.45) is -1.92. The van der Waals surface area contributed by atoms with E-state index in [1.54, 1.807) is 0 Å². The SMILES string of the molecule is Cc1nc2cc(C(C)N3CCN(c4ncc(S(C)(=O)=NC(=O)C(F)(F)F)cn4)CC3)ccc2o1. The Kier molecular flexibility index (Phi) is 6.34. The maximum absolute atomic E-state index is 12.5. The quantitative estimate of drug-likeness (QED) is 0.542. The summed E-state index contributed by atoms with van der Waals surface area (Å²) in [5.41, 5.74) is 2.71. The zero-order valence-corrected chi connectivity index (χ0v) is 19.6. The molecule has 13 heteroatoms. The first-order valence-electron chi connectivity index (χ1n) is 10.5. The van der Waals surface area contributed by atoms with Crippen molar-refractivity contribution in [3.05, 3.63) is 42.0 Å². The molecular weight excluding hydrogens is 473 g/mol. The zero-order chi connectivity index (χ0) is 24.7. The molecule has 1 aromatic carbocycles. The number of amides is 1. The Labute approximate surface area is 194 Å². The fourth-order valence-corrected chi connectivity index (χ4v) is 4.79. The number of carbonyl (C=O) groups is 1. The zero-order valence-electron chi connectivity index (χ0n) is 18.7. The van der Waals surface area contributed by atoms with Crippen molar-refractivity contribution in [3.8, 4) is 0 Å². The van der Waals surface area contributed by atoms with Crippen molar-refractivity contribution >= 4 is 32.7 Å². The molecule has 2 atom stereocenters. The normalized spacial score (nSPS) is 18.0. The smallest absolute Gasteiger partial charge is 0.441 e. The average Bonchev–Trinajstić information content (AvgIpc) is 3.17. The number of nitrogens with zero attached hydrogens (tertiary/aromatic N) is 6. The van der Waals surface area contributed by atoms with Gasteiger partial charge in [0.15, 0.2) is 11.5 Å². The van der Waals surface area contributed by atoms with Crippen LogP contribution in [0.15, 0.2) is 44.3 Å². The molecule has 1 saturated heterocycles. The lowest BCUT2D eigenvalue weighted by atomic mass is 10.1. The average molecular weight is 497 g/mol. The number of carbonyl (C=O) groups excluding carboxylic acids is 1. The van der Waals surface area contributed by atoms with E-state index in [2.05, 4.69) is 31.1 Å². The monoisotopic (exact) mass is 496 g/mol. The number of halogens is 3. The molecule has 0 N–H and O–H groups in total. The summed E-state index contributed by atoms with van der Waals surface area (Å²) in [4.78, 5) is 27.9. The van der Waals surface area contributed by atoms with Gasteiger partial charge in [0, 0.05) is 57.8 Å². The van der Waals surface area contributed by atoms with E-state index in [0.717, 1.165) is 48.4 Å². The number of oxazole rings is 1. The molecule has 1 aliphatic heterocycles. The highest BCUT2D eigenvalue weighted by molar-refractivity contribution is 7.93. The number of aryl methyl sites for hydroxylation is 1. The highest BCUT2D eigenvalue weighted by Crippen LogP contribution is 2.26. The Bertz CT molecular complexity index is 1320. The molecule has 9 nitrogen and oxygen atoms in total. The van der Waals surface area contributed by atoms with Crippen LogP contribution in [0.3, 0.4) is 0 Å². The molecule has 2 unspecified atom stereocenters. The van der Waals surface area contributed by atoms with Crippen LogP contribution in [0.1, 0.15) is 24.4 Å². The fourth-order valence-electron chi connectivity index (χ4n) is 3.77. The van der Waals surface area contributed by atoms with E-state index in [-0.39, 0.29) is 10.9 Å². The molecule has 4 rings (SSSR count). The summed E-state index contributed by atoms with van der Waals surface area (Å²) in [7, 11) is -3.61. The van der Waals surface area contributed by atoms with Gasteiger partial charge in [-0.05, 0) is 24.6 Å². The molecule has 182 valence electrons. The van der Waals surface area contributed by atoms with Crippen molar-refractivity contribution in [3.63, 3.8) is 0 Å². The van der Waals surface area contributed by atoms with E-state index in [4.69, 9.17) is 4.42 Å². The Hall–Kier alpha value is -3.06. The van der Waals surface area contributed by atoms with Crippen LogP contribution in [0.4, 0.5) is 19.1 Å². The number of hydrogen-bond acceptors (Lipinski definition) is 8. The third kappa shape index (κ3) is 5.04. The van der Waals surface area contributed by atoms with Gasteiger partial charge in [0.05, 0.1) is 14.6 Å². The number of rotatable bonds is 4. The molecule has 2 aromatic heterocycles. The summed E-state index contributed by atoms with van der Waals surface area (Å²) in [5.74, 6) is -1.40. The number of anilines is 1. The first kappa shape index (κ1) is 24.1. The van der Waals surface area contributed by atoms with Crippen molar-refractivity contribution in [2.45, 2.75) is 31.0 Å². The van der Waals surface area contributed by atoms with Crippen LogP contribution in [0.25, 0.3) is 11.1 Å². The fraction of sp³-hybridized carbons (Fsp3) is 0.429. The van der Waals surface area contributed by atoms with Gasteiger partial charge >= 0.3 is 12.1 Å². The molecule has 3 aromatic rings. The van der Waals surface area contributed by atoms with Crippen LogP contribution >= 0.6 is 0 Å². The third-order valence-electron chi connectivity index (χ3n) is 5.70. The topological polar surface area (TPSA) is 105 Å². The third-order valence-corrected chi connectivity index (χ3v) is 7.30. The standard InChI is InChI=1S/C21H23F3N6O3S/c1-13(15-4-5-18-17(10-15)27-14(2)33-18)29-6-8-30(9-7-29)20-25-11-16(12-26-20)34(3,32)28-19(31)21(22,23)24/h4-5,10-13H,6-9H2,1-3H3. The van der Waals surface area contributed by atoms with Crippen LogP contribution in [-0.2, 0) is 14.5 Å². The van der Waals surface area contributed by atoms with Crippen LogP contribution in [-0.4, -0.2) is 68.6 Å². The summed E-state index contributed by atoms with van der Waals surface area (Å²) in [6.45, 7) is 6.68. The van der Waals surface area contributed by atoms with E-state index in [0.29, 0.717) is 24.9 Å². The molecule has 34 heavy (non-hydrogen) atoms. The Morgan fingerprint density at radius 3 is 2.44 bits per heavy atom. The number of piperazine rings is 1. The minimum Gasteiger partial charge on any atom is -0.441 e. The molecule has 3 heterocycles. The van der Waals surface area contributed by atoms with E-state index in [1.165, 1.54) is 0 Å². The number of benzene rings is 1. The molecule has 0 spiro atoms. The van der Waals surface area contributed by atoms with Gasteiger partial charge in [0.1, 0.15) is 5.52 Å². The van der Waals surface area contributed by atoms with Gasteiger partial charge in [0.25, 0.3) is 0 Å². The first-order chi connectivity index (χ1) is 15.9. The molecule has 1 amide bonds. The summed E-state index contributed by atoms with van der Waals surface area (Å²) >= 11 is 0. The Balaban J connectivity index is 1.41.